The highest BCUT2D eigenvalue weighted by atomic mass is 32.1. The van der Waals surface area contributed by atoms with Gasteiger partial charge in [0.15, 0.2) is 0 Å². The molecule has 0 unspecified atom stereocenters. The van der Waals surface area contributed by atoms with Crippen LogP contribution in [0, 0.1) is 0 Å². The molecule has 0 atom stereocenters. The van der Waals surface area contributed by atoms with E-state index in [4.69, 9.17) is 0 Å². The number of aryl methyl sites for hydroxylation is 1. The van der Waals surface area contributed by atoms with E-state index in [0.717, 1.165) is 31.4 Å². The van der Waals surface area contributed by atoms with Crippen molar-refractivity contribution in [3.63, 3.8) is 0 Å². The van der Waals surface area contributed by atoms with Crippen LogP contribution in [0.5, 0.6) is 0 Å². The maximum Gasteiger partial charge on any atom is 0.0939 e. The summed E-state index contributed by atoms with van der Waals surface area (Å²) in [6, 6.07) is 18.9. The topological polar surface area (TPSA) is 24.9 Å². The molecule has 0 bridgehead atoms. The molecule has 0 radical (unpaired) electrons. The Hall–Kier alpha value is -1.71. The second-order valence-electron chi connectivity index (χ2n) is 4.84. The number of benzene rings is 2. The lowest BCUT2D eigenvalue weighted by Gasteiger charge is -2.03. The minimum Gasteiger partial charge on any atom is -0.313 e. The average Bonchev–Trinajstić information content (AvgIpc) is 2.90. The molecular formula is C17H18N2S. The van der Waals surface area contributed by atoms with Gasteiger partial charge in [-0.3, -0.25) is 0 Å². The minimum absolute atomic E-state index is 0.945. The monoisotopic (exact) mass is 282 g/mol. The standard InChI is InChI=1S/C17H18N2S/c1-2-7-14(8-3-1)13-18-12-6-11-17-19-15-9-4-5-10-16(15)20-17/h1-5,7-10,18H,6,11-13H2. The highest BCUT2D eigenvalue weighted by Crippen LogP contribution is 2.22. The molecule has 2 aromatic carbocycles. The van der Waals surface area contributed by atoms with Crippen LogP contribution in [0.25, 0.3) is 10.2 Å². The van der Waals surface area contributed by atoms with Crippen LogP contribution in [-0.4, -0.2) is 11.5 Å². The van der Waals surface area contributed by atoms with E-state index in [1.807, 2.05) is 17.4 Å². The lowest BCUT2D eigenvalue weighted by Crippen LogP contribution is -2.15. The number of thiazole rings is 1. The Morgan fingerprint density at radius 2 is 1.75 bits per heavy atom. The van der Waals surface area contributed by atoms with E-state index >= 15 is 0 Å². The summed E-state index contributed by atoms with van der Waals surface area (Å²) in [7, 11) is 0. The van der Waals surface area contributed by atoms with Gasteiger partial charge in [-0.05, 0) is 30.7 Å². The van der Waals surface area contributed by atoms with Crippen molar-refractivity contribution >= 4 is 21.6 Å². The molecule has 3 heteroatoms. The predicted molar refractivity (Wildman–Crippen MR) is 86.1 cm³/mol. The molecule has 0 saturated heterocycles. The highest BCUT2D eigenvalue weighted by molar-refractivity contribution is 7.18. The zero-order chi connectivity index (χ0) is 13.6. The third-order valence-corrected chi connectivity index (χ3v) is 4.35. The molecule has 0 aliphatic heterocycles. The van der Waals surface area contributed by atoms with Gasteiger partial charge in [-0.1, -0.05) is 42.5 Å². The second kappa shape index (κ2) is 6.64. The van der Waals surface area contributed by atoms with E-state index in [0.29, 0.717) is 0 Å². The van der Waals surface area contributed by atoms with Crippen molar-refractivity contribution in [1.82, 2.24) is 10.3 Å². The van der Waals surface area contributed by atoms with E-state index in [1.165, 1.54) is 15.3 Å². The smallest absolute Gasteiger partial charge is 0.0939 e. The maximum absolute atomic E-state index is 4.66. The van der Waals surface area contributed by atoms with Crippen LogP contribution >= 0.6 is 11.3 Å². The highest BCUT2D eigenvalue weighted by Gasteiger charge is 2.02. The Balaban J connectivity index is 1.43. The first-order valence-corrected chi connectivity index (χ1v) is 7.82. The Bertz CT molecular complexity index is 628. The van der Waals surface area contributed by atoms with Crippen molar-refractivity contribution in [1.29, 1.82) is 0 Å². The van der Waals surface area contributed by atoms with Crippen LogP contribution in [0.15, 0.2) is 54.6 Å². The first kappa shape index (κ1) is 13.3. The van der Waals surface area contributed by atoms with E-state index < -0.39 is 0 Å². The molecule has 0 fully saturated rings. The molecule has 1 N–H and O–H groups in total. The Kier molecular flexibility index (Phi) is 4.41. The molecule has 1 heterocycles. The normalized spacial score (nSPS) is 11.0. The number of rotatable bonds is 6. The summed E-state index contributed by atoms with van der Waals surface area (Å²) in [6.07, 6.45) is 2.19. The van der Waals surface area contributed by atoms with E-state index in [2.05, 4.69) is 58.8 Å². The summed E-state index contributed by atoms with van der Waals surface area (Å²) in [5.41, 5.74) is 2.47. The largest absolute Gasteiger partial charge is 0.313 e. The molecule has 20 heavy (non-hydrogen) atoms. The van der Waals surface area contributed by atoms with Gasteiger partial charge >= 0.3 is 0 Å². The van der Waals surface area contributed by atoms with Gasteiger partial charge in [0.05, 0.1) is 15.2 Å². The maximum atomic E-state index is 4.66. The van der Waals surface area contributed by atoms with Crippen molar-refractivity contribution in [2.45, 2.75) is 19.4 Å². The summed E-state index contributed by atoms with van der Waals surface area (Å²) >= 11 is 1.81. The van der Waals surface area contributed by atoms with Crippen LogP contribution in [0.1, 0.15) is 17.0 Å². The number of nitrogens with one attached hydrogen (secondary N) is 1. The van der Waals surface area contributed by atoms with Gasteiger partial charge in [0.25, 0.3) is 0 Å². The van der Waals surface area contributed by atoms with Gasteiger partial charge in [-0.15, -0.1) is 11.3 Å². The van der Waals surface area contributed by atoms with Crippen LogP contribution in [0.2, 0.25) is 0 Å². The summed E-state index contributed by atoms with van der Waals surface area (Å²) in [5, 5.41) is 4.73. The lowest BCUT2D eigenvalue weighted by atomic mass is 10.2. The Labute approximate surface area is 123 Å². The number of nitrogens with zero attached hydrogens (tertiary/aromatic N) is 1. The number of hydrogen-bond acceptors (Lipinski definition) is 3. The number of para-hydroxylation sites is 1. The molecule has 0 spiro atoms. The van der Waals surface area contributed by atoms with Crippen molar-refractivity contribution < 1.29 is 0 Å². The number of fused-ring (bicyclic) bond motifs is 1. The number of hydrogen-bond donors (Lipinski definition) is 1. The van der Waals surface area contributed by atoms with E-state index in [9.17, 15) is 0 Å². The molecule has 102 valence electrons. The van der Waals surface area contributed by atoms with E-state index in [1.54, 1.807) is 0 Å². The lowest BCUT2D eigenvalue weighted by molar-refractivity contribution is 0.649. The fourth-order valence-electron chi connectivity index (χ4n) is 2.22. The van der Waals surface area contributed by atoms with Crippen LogP contribution in [0.3, 0.4) is 0 Å². The van der Waals surface area contributed by atoms with Crippen molar-refractivity contribution in [3.05, 3.63) is 65.2 Å². The van der Waals surface area contributed by atoms with Gasteiger partial charge in [0.1, 0.15) is 0 Å². The zero-order valence-corrected chi connectivity index (χ0v) is 12.2. The van der Waals surface area contributed by atoms with Gasteiger partial charge in [0.2, 0.25) is 0 Å². The molecule has 0 aliphatic rings. The second-order valence-corrected chi connectivity index (χ2v) is 5.96. The molecule has 0 amide bonds. The van der Waals surface area contributed by atoms with Gasteiger partial charge in [-0.2, -0.15) is 0 Å². The summed E-state index contributed by atoms with van der Waals surface area (Å²) < 4.78 is 1.29. The molecule has 1 aromatic heterocycles. The minimum atomic E-state index is 0.945. The fourth-order valence-corrected chi connectivity index (χ4v) is 3.23. The molecule has 0 aliphatic carbocycles. The van der Waals surface area contributed by atoms with Crippen LogP contribution in [0.4, 0.5) is 0 Å². The number of aromatic nitrogens is 1. The van der Waals surface area contributed by atoms with E-state index in [-0.39, 0.29) is 0 Å². The van der Waals surface area contributed by atoms with Gasteiger partial charge in [-0.25, -0.2) is 4.98 Å². The molecular weight excluding hydrogens is 264 g/mol. The fraction of sp³-hybridized carbons (Fsp3) is 0.235. The molecule has 3 aromatic rings. The quantitative estimate of drug-likeness (QED) is 0.691. The SMILES string of the molecule is c1ccc(CNCCCc2nc3ccccc3s2)cc1. The average molecular weight is 282 g/mol. The third kappa shape index (κ3) is 3.44. The summed E-state index contributed by atoms with van der Waals surface area (Å²) in [6.45, 7) is 1.98. The third-order valence-electron chi connectivity index (χ3n) is 3.25. The summed E-state index contributed by atoms with van der Waals surface area (Å²) in [4.78, 5) is 4.66. The van der Waals surface area contributed by atoms with Crippen molar-refractivity contribution in [3.8, 4) is 0 Å². The predicted octanol–water partition coefficient (Wildman–Crippen LogP) is 4.02. The van der Waals surface area contributed by atoms with Crippen molar-refractivity contribution in [2.75, 3.05) is 6.54 Å². The Morgan fingerprint density at radius 1 is 0.950 bits per heavy atom. The van der Waals surface area contributed by atoms with Crippen LogP contribution in [-0.2, 0) is 13.0 Å². The summed E-state index contributed by atoms with van der Waals surface area (Å²) in [5.74, 6) is 0. The van der Waals surface area contributed by atoms with Crippen molar-refractivity contribution in [2.24, 2.45) is 0 Å². The molecule has 0 saturated carbocycles. The first-order valence-electron chi connectivity index (χ1n) is 7.01. The molecule has 3 rings (SSSR count). The van der Waals surface area contributed by atoms with Gasteiger partial charge in [0, 0.05) is 13.0 Å². The van der Waals surface area contributed by atoms with Gasteiger partial charge < -0.3 is 5.32 Å². The molecule has 2 nitrogen and oxygen atoms in total. The Morgan fingerprint density at radius 3 is 2.60 bits per heavy atom. The first-order chi connectivity index (χ1) is 9.92. The zero-order valence-electron chi connectivity index (χ0n) is 11.4. The van der Waals surface area contributed by atoms with Crippen LogP contribution < -0.4 is 5.32 Å².